The van der Waals surface area contributed by atoms with Gasteiger partial charge in [0, 0.05) is 19.1 Å². The molecule has 0 aromatic rings. The van der Waals surface area contributed by atoms with Crippen LogP contribution in [0.3, 0.4) is 0 Å². The molecule has 3 aliphatic rings. The van der Waals surface area contributed by atoms with Crippen molar-refractivity contribution in [2.75, 3.05) is 26.7 Å². The average molecular weight is 293 g/mol. The molecule has 1 N–H and O–H groups in total. The van der Waals surface area contributed by atoms with Crippen LogP contribution < -0.4 is 5.32 Å². The summed E-state index contributed by atoms with van der Waals surface area (Å²) < 4.78 is 0. The highest BCUT2D eigenvalue weighted by molar-refractivity contribution is 5.95. The maximum atomic E-state index is 12.7. The van der Waals surface area contributed by atoms with Gasteiger partial charge < -0.3 is 15.1 Å². The molecule has 2 unspecified atom stereocenters. The first-order valence-corrected chi connectivity index (χ1v) is 8.46. The van der Waals surface area contributed by atoms with Gasteiger partial charge in [-0.05, 0) is 45.1 Å². The summed E-state index contributed by atoms with van der Waals surface area (Å²) in [5.74, 6) is 0.968. The number of amides is 2. The third-order valence-electron chi connectivity index (χ3n) is 5.50. The van der Waals surface area contributed by atoms with Gasteiger partial charge in [0.2, 0.25) is 11.8 Å². The number of nitrogens with zero attached hydrogens (tertiary/aromatic N) is 2. The van der Waals surface area contributed by atoms with Gasteiger partial charge in [-0.2, -0.15) is 0 Å². The Bertz CT molecular complexity index is 406. The lowest BCUT2D eigenvalue weighted by Crippen LogP contribution is -2.63. The first kappa shape index (κ1) is 14.8. The lowest BCUT2D eigenvalue weighted by atomic mass is 9.95. The Balaban J connectivity index is 1.66. The van der Waals surface area contributed by atoms with Crippen molar-refractivity contribution in [3.63, 3.8) is 0 Å². The van der Waals surface area contributed by atoms with Crippen LogP contribution in [0.5, 0.6) is 0 Å². The Hall–Kier alpha value is -1.10. The molecule has 1 aliphatic carbocycles. The Kier molecular flexibility index (Phi) is 4.48. The summed E-state index contributed by atoms with van der Waals surface area (Å²) in [6, 6.07) is 0.153. The highest BCUT2D eigenvalue weighted by Crippen LogP contribution is 2.29. The second kappa shape index (κ2) is 6.34. The number of rotatable bonds is 4. The van der Waals surface area contributed by atoms with E-state index in [1.165, 1.54) is 25.7 Å². The Morgan fingerprint density at radius 2 is 1.86 bits per heavy atom. The monoisotopic (exact) mass is 293 g/mol. The molecule has 5 heteroatoms. The zero-order chi connectivity index (χ0) is 14.8. The van der Waals surface area contributed by atoms with Gasteiger partial charge in [-0.15, -0.1) is 0 Å². The van der Waals surface area contributed by atoms with Crippen molar-refractivity contribution in [1.29, 1.82) is 0 Å². The van der Waals surface area contributed by atoms with E-state index in [0.717, 1.165) is 25.8 Å². The van der Waals surface area contributed by atoms with Gasteiger partial charge in [0.25, 0.3) is 0 Å². The van der Waals surface area contributed by atoms with Gasteiger partial charge in [0.1, 0.15) is 6.04 Å². The Morgan fingerprint density at radius 3 is 2.57 bits per heavy atom. The summed E-state index contributed by atoms with van der Waals surface area (Å²) in [7, 11) is 1.98. The van der Waals surface area contributed by atoms with Crippen LogP contribution in [-0.2, 0) is 9.59 Å². The van der Waals surface area contributed by atoms with Gasteiger partial charge >= 0.3 is 0 Å². The van der Waals surface area contributed by atoms with Crippen molar-refractivity contribution in [1.82, 2.24) is 15.1 Å². The molecular formula is C16H27N3O2. The van der Waals surface area contributed by atoms with E-state index < -0.39 is 0 Å². The fraction of sp³-hybridized carbons (Fsp3) is 0.875. The Morgan fingerprint density at radius 1 is 1.14 bits per heavy atom. The molecule has 118 valence electrons. The number of carbonyl (C=O) groups is 2. The summed E-state index contributed by atoms with van der Waals surface area (Å²) in [6.07, 6.45) is 8.03. The second-order valence-corrected chi connectivity index (χ2v) is 6.76. The zero-order valence-electron chi connectivity index (χ0n) is 13.0. The van der Waals surface area contributed by atoms with Crippen LogP contribution in [0.2, 0.25) is 0 Å². The molecule has 2 atom stereocenters. The van der Waals surface area contributed by atoms with Crippen LogP contribution in [0.25, 0.3) is 0 Å². The predicted octanol–water partition coefficient (Wildman–Crippen LogP) is 0.988. The maximum Gasteiger partial charge on any atom is 0.245 e. The number of piperazine rings is 1. The smallest absolute Gasteiger partial charge is 0.245 e. The van der Waals surface area contributed by atoms with E-state index >= 15 is 0 Å². The van der Waals surface area contributed by atoms with Crippen molar-refractivity contribution in [3.05, 3.63) is 0 Å². The largest absolute Gasteiger partial charge is 0.330 e. The quantitative estimate of drug-likeness (QED) is 0.841. The lowest BCUT2D eigenvalue weighted by Gasteiger charge is -2.44. The van der Waals surface area contributed by atoms with E-state index in [1.54, 1.807) is 0 Å². The van der Waals surface area contributed by atoms with Gasteiger partial charge in [0.05, 0.1) is 6.54 Å². The molecule has 0 aromatic heterocycles. The summed E-state index contributed by atoms with van der Waals surface area (Å²) in [4.78, 5) is 28.6. The van der Waals surface area contributed by atoms with Gasteiger partial charge in [-0.1, -0.05) is 12.8 Å². The van der Waals surface area contributed by atoms with E-state index in [0.29, 0.717) is 18.5 Å². The molecular weight excluding hydrogens is 266 g/mol. The highest BCUT2D eigenvalue weighted by atomic mass is 16.2. The van der Waals surface area contributed by atoms with Gasteiger partial charge in [-0.3, -0.25) is 9.59 Å². The standard InChI is InChI=1S/C16H27N3O2/c1-17-13(12-6-2-3-7-12)10-18-11-15(20)19-9-5-4-8-14(19)16(18)21/h12-14,17H,2-11H2,1H3. The molecule has 1 saturated carbocycles. The summed E-state index contributed by atoms with van der Waals surface area (Å²) in [5.41, 5.74) is 0. The number of hydrogen-bond donors (Lipinski definition) is 1. The van der Waals surface area contributed by atoms with Crippen LogP contribution in [0, 0.1) is 5.92 Å². The summed E-state index contributed by atoms with van der Waals surface area (Å²) in [6.45, 7) is 1.73. The number of likely N-dealkylation sites (N-methyl/N-ethyl adjacent to an activating group) is 1. The first-order valence-electron chi connectivity index (χ1n) is 8.46. The molecule has 2 heterocycles. The Labute approximate surface area is 127 Å². The summed E-state index contributed by atoms with van der Waals surface area (Å²) >= 11 is 0. The number of piperidine rings is 1. The molecule has 3 rings (SSSR count). The fourth-order valence-electron chi connectivity index (χ4n) is 4.26. The maximum absolute atomic E-state index is 12.7. The van der Waals surface area contributed by atoms with Crippen molar-refractivity contribution in [2.24, 2.45) is 5.92 Å². The lowest BCUT2D eigenvalue weighted by molar-refractivity contribution is -0.158. The highest BCUT2D eigenvalue weighted by Gasteiger charge is 2.41. The molecule has 2 amide bonds. The molecule has 2 saturated heterocycles. The van der Waals surface area contributed by atoms with E-state index in [1.807, 2.05) is 16.8 Å². The normalized spacial score (nSPS) is 28.9. The molecule has 0 radical (unpaired) electrons. The van der Waals surface area contributed by atoms with Gasteiger partial charge in [0.15, 0.2) is 0 Å². The fourth-order valence-corrected chi connectivity index (χ4v) is 4.26. The minimum absolute atomic E-state index is 0.139. The van der Waals surface area contributed by atoms with Crippen LogP contribution in [0.15, 0.2) is 0 Å². The molecule has 21 heavy (non-hydrogen) atoms. The van der Waals surface area contributed by atoms with Crippen LogP contribution in [0.4, 0.5) is 0 Å². The van der Waals surface area contributed by atoms with E-state index in [9.17, 15) is 9.59 Å². The second-order valence-electron chi connectivity index (χ2n) is 6.76. The molecule has 0 bridgehead atoms. The van der Waals surface area contributed by atoms with Crippen LogP contribution in [0.1, 0.15) is 44.9 Å². The van der Waals surface area contributed by atoms with Crippen LogP contribution in [-0.4, -0.2) is 60.4 Å². The SMILES string of the molecule is CNC(CN1CC(=O)N2CCCCC2C1=O)C1CCCC1. The zero-order valence-corrected chi connectivity index (χ0v) is 13.0. The third kappa shape index (κ3) is 2.93. The van der Waals surface area contributed by atoms with Crippen molar-refractivity contribution in [3.8, 4) is 0 Å². The minimum atomic E-state index is -0.180. The molecule has 5 nitrogen and oxygen atoms in total. The predicted molar refractivity (Wildman–Crippen MR) is 80.7 cm³/mol. The van der Waals surface area contributed by atoms with Crippen molar-refractivity contribution in [2.45, 2.75) is 57.0 Å². The van der Waals surface area contributed by atoms with E-state index in [2.05, 4.69) is 5.32 Å². The van der Waals surface area contributed by atoms with Crippen molar-refractivity contribution >= 4 is 11.8 Å². The van der Waals surface area contributed by atoms with E-state index in [-0.39, 0.29) is 24.4 Å². The number of nitrogens with one attached hydrogen (secondary N) is 1. The van der Waals surface area contributed by atoms with Crippen molar-refractivity contribution < 1.29 is 9.59 Å². The number of fused-ring (bicyclic) bond motifs is 1. The molecule has 0 spiro atoms. The summed E-state index contributed by atoms with van der Waals surface area (Å²) in [5, 5.41) is 3.38. The third-order valence-corrected chi connectivity index (χ3v) is 5.50. The average Bonchev–Trinajstić information content (AvgIpc) is 3.03. The molecule has 3 fully saturated rings. The molecule has 0 aromatic carbocycles. The number of carbonyl (C=O) groups excluding carboxylic acids is 2. The molecule has 2 aliphatic heterocycles. The van der Waals surface area contributed by atoms with E-state index in [4.69, 9.17) is 0 Å². The van der Waals surface area contributed by atoms with Crippen LogP contribution >= 0.6 is 0 Å². The first-order chi connectivity index (χ1) is 10.2. The minimum Gasteiger partial charge on any atom is -0.330 e. The number of hydrogen-bond acceptors (Lipinski definition) is 3. The van der Waals surface area contributed by atoms with Gasteiger partial charge in [-0.25, -0.2) is 0 Å². The topological polar surface area (TPSA) is 52.7 Å².